The van der Waals surface area contributed by atoms with E-state index in [0.717, 1.165) is 26.1 Å². The van der Waals surface area contributed by atoms with Gasteiger partial charge in [-0.05, 0) is 24.4 Å². The molecule has 1 aromatic heterocycles. The van der Waals surface area contributed by atoms with Crippen LogP contribution in [0.5, 0.6) is 0 Å². The van der Waals surface area contributed by atoms with Crippen LogP contribution in [0.2, 0.25) is 0 Å². The van der Waals surface area contributed by atoms with E-state index in [-0.39, 0.29) is 11.8 Å². The van der Waals surface area contributed by atoms with Crippen molar-refractivity contribution < 1.29 is 4.79 Å². The molecule has 2 rings (SSSR count). The third-order valence-electron chi connectivity index (χ3n) is 2.76. The monoisotopic (exact) mass is 224 g/mol. The van der Waals surface area contributed by atoms with Gasteiger partial charge in [-0.15, -0.1) is 11.3 Å². The molecule has 1 aromatic rings. The number of nitrogens with zero attached hydrogens (tertiary/aromatic N) is 1. The highest BCUT2D eigenvalue weighted by Crippen LogP contribution is 2.15. The number of nitrogens with one attached hydrogen (secondary N) is 1. The van der Waals surface area contributed by atoms with Gasteiger partial charge in [-0.1, -0.05) is 6.07 Å². The maximum absolute atomic E-state index is 12.0. The maximum atomic E-state index is 12.0. The third-order valence-corrected chi connectivity index (χ3v) is 3.62. The number of rotatable bonds is 3. The van der Waals surface area contributed by atoms with Crippen molar-refractivity contribution in [3.05, 3.63) is 22.4 Å². The van der Waals surface area contributed by atoms with Crippen LogP contribution in [-0.4, -0.2) is 30.9 Å². The van der Waals surface area contributed by atoms with Crippen LogP contribution in [0.15, 0.2) is 17.5 Å². The summed E-state index contributed by atoms with van der Waals surface area (Å²) in [6.45, 7) is 2.56. The van der Waals surface area contributed by atoms with Crippen molar-refractivity contribution in [2.75, 3.05) is 20.1 Å². The predicted octanol–water partition coefficient (Wildman–Crippen LogP) is 1.32. The van der Waals surface area contributed by atoms with E-state index >= 15 is 0 Å². The van der Waals surface area contributed by atoms with Gasteiger partial charge in [0.25, 0.3) is 0 Å². The Hall–Kier alpha value is -0.870. The first-order chi connectivity index (χ1) is 7.27. The van der Waals surface area contributed by atoms with Gasteiger partial charge in [0.05, 0.1) is 12.5 Å². The van der Waals surface area contributed by atoms with Crippen LogP contribution >= 0.6 is 11.3 Å². The minimum atomic E-state index is 0.190. The van der Waals surface area contributed by atoms with Crippen LogP contribution in [0, 0.1) is 5.92 Å². The summed E-state index contributed by atoms with van der Waals surface area (Å²) >= 11 is 1.70. The van der Waals surface area contributed by atoms with E-state index in [9.17, 15) is 4.79 Å². The number of hydrogen-bond donors (Lipinski definition) is 1. The molecule has 1 amide bonds. The number of carbonyl (C=O) groups is 1. The number of carbonyl (C=O) groups excluding carboxylic acids is 1. The normalized spacial score (nSPS) is 20.5. The van der Waals surface area contributed by atoms with E-state index in [1.807, 2.05) is 23.4 Å². The minimum absolute atomic E-state index is 0.190. The summed E-state index contributed by atoms with van der Waals surface area (Å²) < 4.78 is 0. The van der Waals surface area contributed by atoms with Crippen molar-refractivity contribution in [3.8, 4) is 0 Å². The molecule has 1 aliphatic rings. The predicted molar refractivity (Wildman–Crippen MR) is 61.8 cm³/mol. The van der Waals surface area contributed by atoms with Crippen molar-refractivity contribution in [1.82, 2.24) is 10.2 Å². The van der Waals surface area contributed by atoms with E-state index in [2.05, 4.69) is 11.4 Å². The molecule has 0 aromatic carbocycles. The van der Waals surface area contributed by atoms with Gasteiger partial charge in [-0.3, -0.25) is 4.79 Å². The molecule has 0 saturated carbocycles. The Morgan fingerprint density at radius 1 is 1.73 bits per heavy atom. The maximum Gasteiger partial charge on any atom is 0.227 e. The highest BCUT2D eigenvalue weighted by atomic mass is 32.1. The van der Waals surface area contributed by atoms with E-state index < -0.39 is 0 Å². The Kier molecular flexibility index (Phi) is 3.38. The first-order valence-corrected chi connectivity index (χ1v) is 6.13. The molecule has 1 N–H and O–H groups in total. The Bertz CT molecular complexity index is 317. The van der Waals surface area contributed by atoms with Gasteiger partial charge in [0, 0.05) is 18.5 Å². The van der Waals surface area contributed by atoms with Gasteiger partial charge in [0.1, 0.15) is 0 Å². The average Bonchev–Trinajstić information content (AvgIpc) is 2.88. The van der Waals surface area contributed by atoms with Gasteiger partial charge < -0.3 is 10.2 Å². The van der Waals surface area contributed by atoms with Crippen molar-refractivity contribution >= 4 is 17.2 Å². The summed E-state index contributed by atoms with van der Waals surface area (Å²) in [5.74, 6) is 0.461. The van der Waals surface area contributed by atoms with Gasteiger partial charge in [-0.2, -0.15) is 0 Å². The smallest absolute Gasteiger partial charge is 0.227 e. The molecule has 4 heteroatoms. The summed E-state index contributed by atoms with van der Waals surface area (Å²) in [4.78, 5) is 15.0. The fourth-order valence-electron chi connectivity index (χ4n) is 1.89. The molecule has 0 aliphatic carbocycles. The highest BCUT2D eigenvalue weighted by molar-refractivity contribution is 7.09. The van der Waals surface area contributed by atoms with E-state index in [4.69, 9.17) is 0 Å². The van der Waals surface area contributed by atoms with Gasteiger partial charge >= 0.3 is 0 Å². The Morgan fingerprint density at radius 3 is 3.20 bits per heavy atom. The molecule has 1 fully saturated rings. The third kappa shape index (κ3) is 2.58. The Balaban J connectivity index is 1.89. The largest absolute Gasteiger partial charge is 0.340 e. The number of amides is 1. The van der Waals surface area contributed by atoms with Crippen molar-refractivity contribution in [2.45, 2.75) is 13.0 Å². The molecule has 0 spiro atoms. The fraction of sp³-hybridized carbons (Fsp3) is 0.545. The average molecular weight is 224 g/mol. The molecule has 0 unspecified atom stereocenters. The van der Waals surface area contributed by atoms with Crippen molar-refractivity contribution in [1.29, 1.82) is 0 Å². The number of thiophene rings is 1. The lowest BCUT2D eigenvalue weighted by molar-refractivity contribution is -0.134. The van der Waals surface area contributed by atoms with Crippen molar-refractivity contribution in [2.24, 2.45) is 5.92 Å². The first kappa shape index (κ1) is 10.6. The topological polar surface area (TPSA) is 32.3 Å². The summed E-state index contributed by atoms with van der Waals surface area (Å²) in [5.41, 5.74) is 0. The van der Waals surface area contributed by atoms with E-state index in [1.165, 1.54) is 4.88 Å². The molecule has 0 radical (unpaired) electrons. The molecular weight excluding hydrogens is 208 g/mol. The van der Waals surface area contributed by atoms with Crippen LogP contribution < -0.4 is 5.32 Å². The molecule has 0 bridgehead atoms. The molecule has 2 heterocycles. The highest BCUT2D eigenvalue weighted by Gasteiger charge is 2.25. The first-order valence-electron chi connectivity index (χ1n) is 5.25. The number of hydrogen-bond acceptors (Lipinski definition) is 3. The van der Waals surface area contributed by atoms with Crippen molar-refractivity contribution in [3.63, 3.8) is 0 Å². The van der Waals surface area contributed by atoms with Crippen LogP contribution in [0.4, 0.5) is 0 Å². The van der Waals surface area contributed by atoms with E-state index in [1.54, 1.807) is 11.3 Å². The van der Waals surface area contributed by atoms with Crippen LogP contribution in [0.25, 0.3) is 0 Å². The van der Waals surface area contributed by atoms with Gasteiger partial charge in [-0.25, -0.2) is 0 Å². The zero-order chi connectivity index (χ0) is 10.7. The second-order valence-electron chi connectivity index (χ2n) is 3.96. The standard InChI is InChI=1S/C11H16N2OS/c1-13(8-10-3-2-6-15-10)11(14)9-4-5-12-7-9/h2-3,6,9,12H,4-5,7-8H2,1H3/t9-/m1/s1. The van der Waals surface area contributed by atoms with Crippen LogP contribution in [0.1, 0.15) is 11.3 Å². The van der Waals surface area contributed by atoms with Gasteiger partial charge in [0.15, 0.2) is 0 Å². The quantitative estimate of drug-likeness (QED) is 0.839. The molecule has 1 saturated heterocycles. The zero-order valence-corrected chi connectivity index (χ0v) is 9.72. The molecular formula is C11H16N2OS. The fourth-order valence-corrected chi connectivity index (χ4v) is 2.65. The lowest BCUT2D eigenvalue weighted by Crippen LogP contribution is -2.33. The summed E-state index contributed by atoms with van der Waals surface area (Å²) in [6.07, 6.45) is 0.980. The Labute approximate surface area is 94.1 Å². The zero-order valence-electron chi connectivity index (χ0n) is 8.90. The summed E-state index contributed by atoms with van der Waals surface area (Å²) in [5, 5.41) is 5.27. The lowest BCUT2D eigenvalue weighted by atomic mass is 10.1. The molecule has 1 atom stereocenters. The van der Waals surface area contributed by atoms with Crippen LogP contribution in [0.3, 0.4) is 0 Å². The Morgan fingerprint density at radius 2 is 2.60 bits per heavy atom. The second-order valence-corrected chi connectivity index (χ2v) is 5.00. The van der Waals surface area contributed by atoms with Crippen LogP contribution in [-0.2, 0) is 11.3 Å². The molecule has 82 valence electrons. The molecule has 15 heavy (non-hydrogen) atoms. The van der Waals surface area contributed by atoms with Gasteiger partial charge in [0.2, 0.25) is 5.91 Å². The summed E-state index contributed by atoms with van der Waals surface area (Å²) in [6, 6.07) is 4.09. The SMILES string of the molecule is CN(Cc1cccs1)C(=O)[C@@H]1CCNC1. The molecule has 1 aliphatic heterocycles. The molecule has 3 nitrogen and oxygen atoms in total. The second kappa shape index (κ2) is 4.77. The minimum Gasteiger partial charge on any atom is -0.340 e. The van der Waals surface area contributed by atoms with E-state index in [0.29, 0.717) is 0 Å². The lowest BCUT2D eigenvalue weighted by Gasteiger charge is -2.19. The summed E-state index contributed by atoms with van der Waals surface area (Å²) in [7, 11) is 1.89.